The van der Waals surface area contributed by atoms with Crippen molar-refractivity contribution in [3.05, 3.63) is 0 Å². The van der Waals surface area contributed by atoms with Gasteiger partial charge in [-0.3, -0.25) is 0 Å². The normalized spacial score (nSPS) is 18.5. The molecule has 4 nitrogen and oxygen atoms in total. The van der Waals surface area contributed by atoms with E-state index in [9.17, 15) is 4.79 Å². The molecule has 1 rings (SSSR count). The second-order valence-corrected chi connectivity index (χ2v) is 4.61. The zero-order chi connectivity index (χ0) is 11.3. The van der Waals surface area contributed by atoms with Crippen LogP contribution in [0.4, 0.5) is 4.79 Å². The number of carbonyl (C=O) groups is 1. The van der Waals surface area contributed by atoms with E-state index in [0.29, 0.717) is 17.6 Å². The molecule has 0 radical (unpaired) electrons. The van der Waals surface area contributed by atoms with E-state index in [1.165, 1.54) is 12.8 Å². The van der Waals surface area contributed by atoms with Crippen molar-refractivity contribution in [3.63, 3.8) is 0 Å². The summed E-state index contributed by atoms with van der Waals surface area (Å²) in [7, 11) is 0. The van der Waals surface area contributed by atoms with Crippen molar-refractivity contribution in [3.8, 4) is 0 Å². The summed E-state index contributed by atoms with van der Waals surface area (Å²) in [5.41, 5.74) is 5.45. The topological polar surface area (TPSA) is 67.2 Å². The molecule has 15 heavy (non-hydrogen) atoms. The summed E-state index contributed by atoms with van der Waals surface area (Å²) in [6.07, 6.45) is 4.62. The van der Waals surface area contributed by atoms with Crippen LogP contribution in [0.2, 0.25) is 0 Å². The first-order valence-electron chi connectivity index (χ1n) is 5.43. The van der Waals surface area contributed by atoms with E-state index in [4.69, 9.17) is 18.0 Å². The van der Waals surface area contributed by atoms with Gasteiger partial charge in [-0.1, -0.05) is 32.0 Å². The third-order valence-corrected chi connectivity index (χ3v) is 3.15. The summed E-state index contributed by atoms with van der Waals surface area (Å²) in [5, 5.41) is 5.71. The highest BCUT2D eigenvalue weighted by atomic mass is 32.1. The molecule has 1 aliphatic rings. The molecule has 1 unspecified atom stereocenters. The summed E-state index contributed by atoms with van der Waals surface area (Å²) in [6, 6.07) is 0.245. The summed E-state index contributed by atoms with van der Waals surface area (Å²) in [5.74, 6) is 0.0503. The summed E-state index contributed by atoms with van der Waals surface area (Å²) < 4.78 is 0. The highest BCUT2D eigenvalue weighted by Gasteiger charge is 2.17. The van der Waals surface area contributed by atoms with Gasteiger partial charge in [-0.15, -0.1) is 0 Å². The first-order valence-corrected chi connectivity index (χ1v) is 5.84. The second-order valence-electron chi connectivity index (χ2n) is 4.14. The Morgan fingerprint density at radius 1 is 1.53 bits per heavy atom. The minimum Gasteiger partial charge on any atom is -0.393 e. The number of nitrogens with two attached hydrogens (primary N) is 1. The third kappa shape index (κ3) is 4.46. The molecule has 1 fully saturated rings. The molecule has 0 aliphatic heterocycles. The molecular weight excluding hydrogens is 210 g/mol. The van der Waals surface area contributed by atoms with Crippen LogP contribution in [0.25, 0.3) is 0 Å². The van der Waals surface area contributed by atoms with E-state index in [2.05, 4.69) is 10.6 Å². The number of rotatable bonds is 4. The predicted molar refractivity (Wildman–Crippen MR) is 64.7 cm³/mol. The standard InChI is InChI=1S/C10H19N3OS/c1-7(9(11)15)6-12-10(14)13-8-4-2-3-5-8/h7-8H,2-6H2,1H3,(H2,11,15)(H2,12,13,14). The number of thiocarbonyl (C=S) groups is 1. The van der Waals surface area contributed by atoms with Gasteiger partial charge in [-0.25, -0.2) is 4.79 Å². The number of hydrogen-bond donors (Lipinski definition) is 3. The van der Waals surface area contributed by atoms with Gasteiger partial charge >= 0.3 is 6.03 Å². The first kappa shape index (κ1) is 12.2. The fourth-order valence-corrected chi connectivity index (χ4v) is 1.74. The van der Waals surface area contributed by atoms with Crippen LogP contribution in [-0.2, 0) is 0 Å². The number of amides is 2. The van der Waals surface area contributed by atoms with E-state index >= 15 is 0 Å². The molecule has 1 atom stereocenters. The lowest BCUT2D eigenvalue weighted by Crippen LogP contribution is -2.43. The smallest absolute Gasteiger partial charge is 0.315 e. The first-order chi connectivity index (χ1) is 7.09. The van der Waals surface area contributed by atoms with Crippen LogP contribution in [0.1, 0.15) is 32.6 Å². The van der Waals surface area contributed by atoms with Crippen LogP contribution in [0.5, 0.6) is 0 Å². The molecule has 86 valence electrons. The van der Waals surface area contributed by atoms with Gasteiger partial charge in [0.1, 0.15) is 0 Å². The molecule has 4 N–H and O–H groups in total. The maximum Gasteiger partial charge on any atom is 0.315 e. The Kier molecular flexibility index (Phi) is 4.81. The van der Waals surface area contributed by atoms with E-state index < -0.39 is 0 Å². The van der Waals surface area contributed by atoms with Crippen molar-refractivity contribution in [1.29, 1.82) is 0 Å². The SMILES string of the molecule is CC(CNC(=O)NC1CCCC1)C(N)=S. The molecule has 1 saturated carbocycles. The van der Waals surface area contributed by atoms with Gasteiger partial charge in [-0.2, -0.15) is 0 Å². The van der Waals surface area contributed by atoms with Crippen LogP contribution < -0.4 is 16.4 Å². The Morgan fingerprint density at radius 2 is 2.13 bits per heavy atom. The van der Waals surface area contributed by atoms with Crippen molar-refractivity contribution in [2.45, 2.75) is 38.6 Å². The molecule has 5 heteroatoms. The highest BCUT2D eigenvalue weighted by molar-refractivity contribution is 7.80. The van der Waals surface area contributed by atoms with Crippen LogP contribution in [0.3, 0.4) is 0 Å². The molecule has 0 aromatic rings. The number of carbonyl (C=O) groups excluding carboxylic acids is 1. The zero-order valence-corrected chi connectivity index (χ0v) is 9.90. The van der Waals surface area contributed by atoms with Gasteiger partial charge in [0.05, 0.1) is 4.99 Å². The molecule has 1 aliphatic carbocycles. The summed E-state index contributed by atoms with van der Waals surface area (Å²) >= 11 is 4.82. The number of hydrogen-bond acceptors (Lipinski definition) is 2. The third-order valence-electron chi connectivity index (χ3n) is 2.74. The minimum absolute atomic E-state index is 0.0503. The molecule has 0 aromatic heterocycles. The summed E-state index contributed by atoms with van der Waals surface area (Å²) in [4.78, 5) is 11.9. The van der Waals surface area contributed by atoms with E-state index in [0.717, 1.165) is 12.8 Å². The zero-order valence-electron chi connectivity index (χ0n) is 9.08. The number of nitrogens with one attached hydrogen (secondary N) is 2. The lowest BCUT2D eigenvalue weighted by atomic mass is 10.2. The second kappa shape index (κ2) is 5.90. The Bertz CT molecular complexity index is 239. The summed E-state index contributed by atoms with van der Waals surface area (Å²) in [6.45, 7) is 2.41. The molecule has 0 spiro atoms. The molecule has 0 heterocycles. The largest absolute Gasteiger partial charge is 0.393 e. The molecule has 2 amide bonds. The fourth-order valence-electron chi connectivity index (χ4n) is 1.65. The maximum atomic E-state index is 11.4. The van der Waals surface area contributed by atoms with Crippen LogP contribution in [0, 0.1) is 5.92 Å². The van der Waals surface area contributed by atoms with Crippen LogP contribution in [-0.4, -0.2) is 23.6 Å². The van der Waals surface area contributed by atoms with Crippen molar-refractivity contribution in [2.24, 2.45) is 11.7 Å². The molecule has 0 aromatic carbocycles. The predicted octanol–water partition coefficient (Wildman–Crippen LogP) is 1.15. The lowest BCUT2D eigenvalue weighted by Gasteiger charge is -2.15. The van der Waals surface area contributed by atoms with Gasteiger partial charge in [0.25, 0.3) is 0 Å². The van der Waals surface area contributed by atoms with Gasteiger partial charge in [0, 0.05) is 18.5 Å². The van der Waals surface area contributed by atoms with E-state index in [1.54, 1.807) is 0 Å². The minimum atomic E-state index is -0.106. The number of urea groups is 1. The van der Waals surface area contributed by atoms with Crippen LogP contribution >= 0.6 is 12.2 Å². The lowest BCUT2D eigenvalue weighted by molar-refractivity contribution is 0.236. The van der Waals surface area contributed by atoms with Gasteiger partial charge in [0.15, 0.2) is 0 Å². The van der Waals surface area contributed by atoms with Gasteiger partial charge < -0.3 is 16.4 Å². The van der Waals surface area contributed by atoms with E-state index in [-0.39, 0.29) is 11.9 Å². The quantitative estimate of drug-likeness (QED) is 0.634. The Balaban J connectivity index is 2.15. The van der Waals surface area contributed by atoms with E-state index in [1.807, 2.05) is 6.92 Å². The van der Waals surface area contributed by atoms with Crippen LogP contribution in [0.15, 0.2) is 0 Å². The average Bonchev–Trinajstić information content (AvgIpc) is 2.66. The monoisotopic (exact) mass is 229 g/mol. The fraction of sp³-hybridized carbons (Fsp3) is 0.800. The van der Waals surface area contributed by atoms with Gasteiger partial charge in [0.2, 0.25) is 0 Å². The molecular formula is C10H19N3OS. The van der Waals surface area contributed by atoms with Crippen molar-refractivity contribution >= 4 is 23.2 Å². The highest BCUT2D eigenvalue weighted by Crippen LogP contribution is 2.17. The molecule has 0 bridgehead atoms. The Hall–Kier alpha value is -0.840. The van der Waals surface area contributed by atoms with Gasteiger partial charge in [-0.05, 0) is 12.8 Å². The Morgan fingerprint density at radius 3 is 2.67 bits per heavy atom. The molecule has 0 saturated heterocycles. The Labute approximate surface area is 96.0 Å². The van der Waals surface area contributed by atoms with Crippen molar-refractivity contribution in [1.82, 2.24) is 10.6 Å². The van der Waals surface area contributed by atoms with Crippen molar-refractivity contribution < 1.29 is 4.79 Å². The average molecular weight is 229 g/mol. The van der Waals surface area contributed by atoms with Crippen molar-refractivity contribution in [2.75, 3.05) is 6.54 Å². The maximum absolute atomic E-state index is 11.4.